The highest BCUT2D eigenvalue weighted by Crippen LogP contribution is 2.24. The molecule has 0 spiro atoms. The van der Waals surface area contributed by atoms with Crippen molar-refractivity contribution in [3.8, 4) is 6.07 Å². The first-order chi connectivity index (χ1) is 9.51. The second-order valence-electron chi connectivity index (χ2n) is 4.16. The van der Waals surface area contributed by atoms with Gasteiger partial charge in [0, 0.05) is 12.1 Å². The summed E-state index contributed by atoms with van der Waals surface area (Å²) in [5, 5.41) is 21.1. The molecule has 0 aliphatic heterocycles. The van der Waals surface area contributed by atoms with Crippen molar-refractivity contribution in [2.75, 3.05) is 5.32 Å². The SMILES string of the molecule is Cc1oc(C(=O)O)cc1CNc1ccc(C#N)cc1Cl. The van der Waals surface area contributed by atoms with Crippen LogP contribution in [0.2, 0.25) is 5.02 Å². The van der Waals surface area contributed by atoms with Crippen LogP contribution in [0.15, 0.2) is 28.7 Å². The zero-order valence-electron chi connectivity index (χ0n) is 10.6. The zero-order chi connectivity index (χ0) is 14.7. The maximum Gasteiger partial charge on any atom is 0.371 e. The summed E-state index contributed by atoms with van der Waals surface area (Å²) < 4.78 is 5.12. The zero-order valence-corrected chi connectivity index (χ0v) is 11.4. The van der Waals surface area contributed by atoms with Crippen LogP contribution >= 0.6 is 11.6 Å². The standard InChI is InChI=1S/C14H11ClN2O3/c1-8-10(5-13(20-8)14(18)19)7-17-12-3-2-9(6-16)4-11(12)15/h2-5,17H,7H2,1H3,(H,18,19). The molecule has 0 saturated carbocycles. The summed E-state index contributed by atoms with van der Waals surface area (Å²) in [6, 6.07) is 8.39. The molecule has 1 aromatic heterocycles. The molecule has 6 heteroatoms. The molecule has 0 bridgehead atoms. The largest absolute Gasteiger partial charge is 0.475 e. The summed E-state index contributed by atoms with van der Waals surface area (Å²) in [5.74, 6) is -0.652. The summed E-state index contributed by atoms with van der Waals surface area (Å²) >= 11 is 6.04. The fourth-order valence-electron chi connectivity index (χ4n) is 1.72. The monoisotopic (exact) mass is 290 g/mol. The Morgan fingerprint density at radius 3 is 2.80 bits per heavy atom. The molecule has 0 aliphatic carbocycles. The molecule has 20 heavy (non-hydrogen) atoms. The van der Waals surface area contributed by atoms with E-state index in [1.54, 1.807) is 25.1 Å². The Bertz CT molecular complexity index is 701. The van der Waals surface area contributed by atoms with Crippen LogP contribution in [0.4, 0.5) is 5.69 Å². The average molecular weight is 291 g/mol. The van der Waals surface area contributed by atoms with Gasteiger partial charge in [-0.3, -0.25) is 0 Å². The highest BCUT2D eigenvalue weighted by atomic mass is 35.5. The van der Waals surface area contributed by atoms with Crippen LogP contribution in [0.25, 0.3) is 0 Å². The minimum atomic E-state index is -1.10. The van der Waals surface area contributed by atoms with Gasteiger partial charge in [-0.25, -0.2) is 4.79 Å². The Labute approximate surface area is 120 Å². The first-order valence-corrected chi connectivity index (χ1v) is 6.15. The molecule has 0 saturated heterocycles. The van der Waals surface area contributed by atoms with Gasteiger partial charge in [0.25, 0.3) is 0 Å². The van der Waals surface area contributed by atoms with E-state index in [2.05, 4.69) is 5.32 Å². The highest BCUT2D eigenvalue weighted by molar-refractivity contribution is 6.33. The van der Waals surface area contributed by atoms with Crippen molar-refractivity contribution in [2.45, 2.75) is 13.5 Å². The number of nitriles is 1. The molecule has 2 rings (SSSR count). The van der Waals surface area contributed by atoms with Crippen molar-refractivity contribution in [2.24, 2.45) is 0 Å². The Morgan fingerprint density at radius 1 is 1.50 bits per heavy atom. The number of aromatic carboxylic acids is 1. The molecule has 0 aliphatic rings. The van der Waals surface area contributed by atoms with E-state index in [9.17, 15) is 4.79 Å². The van der Waals surface area contributed by atoms with Gasteiger partial charge < -0.3 is 14.8 Å². The van der Waals surface area contributed by atoms with Crippen LogP contribution in [0.1, 0.15) is 27.4 Å². The number of hydrogen-bond donors (Lipinski definition) is 2. The molecule has 0 unspecified atom stereocenters. The number of nitrogens with one attached hydrogen (secondary N) is 1. The van der Waals surface area contributed by atoms with Gasteiger partial charge in [-0.15, -0.1) is 0 Å². The number of carboxylic acids is 1. The van der Waals surface area contributed by atoms with Crippen LogP contribution in [0.5, 0.6) is 0 Å². The molecule has 2 aromatic rings. The molecule has 0 atom stereocenters. The van der Waals surface area contributed by atoms with Gasteiger partial charge in [0.1, 0.15) is 5.76 Å². The van der Waals surface area contributed by atoms with Crippen molar-refractivity contribution in [1.29, 1.82) is 5.26 Å². The number of nitrogens with zero attached hydrogens (tertiary/aromatic N) is 1. The van der Waals surface area contributed by atoms with E-state index in [0.717, 1.165) is 5.56 Å². The number of benzene rings is 1. The molecule has 0 radical (unpaired) electrons. The Morgan fingerprint density at radius 2 is 2.25 bits per heavy atom. The van der Waals surface area contributed by atoms with Gasteiger partial charge in [-0.05, 0) is 31.2 Å². The molecular weight excluding hydrogens is 280 g/mol. The van der Waals surface area contributed by atoms with Crippen molar-refractivity contribution in [1.82, 2.24) is 0 Å². The number of rotatable bonds is 4. The summed E-state index contributed by atoms with van der Waals surface area (Å²) in [7, 11) is 0. The second kappa shape index (κ2) is 5.68. The number of furan rings is 1. The topological polar surface area (TPSA) is 86.3 Å². The molecule has 0 amide bonds. The predicted molar refractivity (Wildman–Crippen MR) is 73.9 cm³/mol. The number of hydrogen-bond acceptors (Lipinski definition) is 4. The first-order valence-electron chi connectivity index (χ1n) is 5.77. The predicted octanol–water partition coefficient (Wildman–Crippen LogP) is 3.42. The van der Waals surface area contributed by atoms with Crippen molar-refractivity contribution >= 4 is 23.3 Å². The Kier molecular flexibility index (Phi) is 3.97. The van der Waals surface area contributed by atoms with Crippen LogP contribution in [0.3, 0.4) is 0 Å². The van der Waals surface area contributed by atoms with Gasteiger partial charge in [-0.2, -0.15) is 5.26 Å². The minimum absolute atomic E-state index is 0.0924. The lowest BCUT2D eigenvalue weighted by molar-refractivity contribution is 0.0661. The van der Waals surface area contributed by atoms with Gasteiger partial charge in [-0.1, -0.05) is 11.6 Å². The van der Waals surface area contributed by atoms with Gasteiger partial charge in [0.2, 0.25) is 5.76 Å². The van der Waals surface area contributed by atoms with Crippen molar-refractivity contribution < 1.29 is 14.3 Å². The molecule has 0 fully saturated rings. The molecule has 102 valence electrons. The minimum Gasteiger partial charge on any atom is -0.475 e. The molecule has 2 N–H and O–H groups in total. The van der Waals surface area contributed by atoms with Gasteiger partial charge in [0.05, 0.1) is 22.3 Å². The maximum atomic E-state index is 10.8. The quantitative estimate of drug-likeness (QED) is 0.901. The molecular formula is C14H11ClN2O3. The van der Waals surface area contributed by atoms with Crippen molar-refractivity contribution in [3.63, 3.8) is 0 Å². The van der Waals surface area contributed by atoms with E-state index in [0.29, 0.717) is 28.6 Å². The summed E-state index contributed by atoms with van der Waals surface area (Å²) in [5.41, 5.74) is 1.89. The van der Waals surface area contributed by atoms with E-state index in [-0.39, 0.29) is 5.76 Å². The lowest BCUT2D eigenvalue weighted by Gasteiger charge is -2.07. The number of carboxylic acid groups (broad SMARTS) is 1. The van der Waals surface area contributed by atoms with Gasteiger partial charge in [0.15, 0.2) is 0 Å². The number of carbonyl (C=O) groups is 1. The third-order valence-corrected chi connectivity index (χ3v) is 3.11. The summed E-state index contributed by atoms with van der Waals surface area (Å²) in [4.78, 5) is 10.8. The lowest BCUT2D eigenvalue weighted by atomic mass is 10.2. The summed E-state index contributed by atoms with van der Waals surface area (Å²) in [6.45, 7) is 2.08. The fraction of sp³-hybridized carbons (Fsp3) is 0.143. The maximum absolute atomic E-state index is 10.8. The second-order valence-corrected chi connectivity index (χ2v) is 4.56. The Balaban J connectivity index is 2.13. The van der Waals surface area contributed by atoms with E-state index in [1.165, 1.54) is 6.07 Å². The van der Waals surface area contributed by atoms with Crippen LogP contribution in [0, 0.1) is 18.3 Å². The normalized spacial score (nSPS) is 10.1. The average Bonchev–Trinajstić information content (AvgIpc) is 2.79. The van der Waals surface area contributed by atoms with E-state index in [4.69, 9.17) is 26.4 Å². The number of anilines is 1. The van der Waals surface area contributed by atoms with E-state index >= 15 is 0 Å². The Hall–Kier alpha value is -2.45. The fourth-order valence-corrected chi connectivity index (χ4v) is 1.97. The summed E-state index contributed by atoms with van der Waals surface area (Å²) in [6.07, 6.45) is 0. The number of halogens is 1. The molecule has 1 heterocycles. The lowest BCUT2D eigenvalue weighted by Crippen LogP contribution is -2.00. The van der Waals surface area contributed by atoms with Crippen LogP contribution < -0.4 is 5.32 Å². The van der Waals surface area contributed by atoms with E-state index in [1.807, 2.05) is 6.07 Å². The third-order valence-electron chi connectivity index (χ3n) is 2.80. The number of aryl methyl sites for hydroxylation is 1. The van der Waals surface area contributed by atoms with Gasteiger partial charge >= 0.3 is 5.97 Å². The smallest absolute Gasteiger partial charge is 0.371 e. The van der Waals surface area contributed by atoms with E-state index < -0.39 is 5.97 Å². The van der Waals surface area contributed by atoms with Crippen molar-refractivity contribution in [3.05, 3.63) is 51.9 Å². The van der Waals surface area contributed by atoms with Crippen LogP contribution in [-0.2, 0) is 6.54 Å². The highest BCUT2D eigenvalue weighted by Gasteiger charge is 2.13. The third kappa shape index (κ3) is 2.92. The molecule has 1 aromatic carbocycles. The van der Waals surface area contributed by atoms with Crippen LogP contribution in [-0.4, -0.2) is 11.1 Å². The first kappa shape index (κ1) is 14.0. The molecule has 5 nitrogen and oxygen atoms in total.